The van der Waals surface area contributed by atoms with Gasteiger partial charge in [0.15, 0.2) is 0 Å². The van der Waals surface area contributed by atoms with Gasteiger partial charge in [-0.2, -0.15) is 0 Å². The van der Waals surface area contributed by atoms with E-state index in [1.165, 1.54) is 5.56 Å². The van der Waals surface area contributed by atoms with Crippen molar-refractivity contribution in [3.8, 4) is 0 Å². The Hall–Kier alpha value is -1.17. The number of hydrogen-bond acceptors (Lipinski definition) is 4. The fraction of sp³-hybridized carbons (Fsp3) is 0.538. The smallest absolute Gasteiger partial charge is 0.236 e. The van der Waals surface area contributed by atoms with Gasteiger partial charge in [0.05, 0.1) is 6.54 Å². The summed E-state index contributed by atoms with van der Waals surface area (Å²) in [5, 5.41) is 2.90. The predicted molar refractivity (Wildman–Crippen MR) is 77.3 cm³/mol. The van der Waals surface area contributed by atoms with Crippen LogP contribution in [0.25, 0.3) is 0 Å². The number of amides is 1. The first kappa shape index (κ1) is 15.9. The molecule has 6 heteroatoms. The molecule has 1 aromatic heterocycles. The lowest BCUT2D eigenvalue weighted by Crippen LogP contribution is -2.50. The lowest BCUT2D eigenvalue weighted by atomic mass is 10.2. The third kappa shape index (κ3) is 4.78. The first-order valence-electron chi connectivity index (χ1n) is 6.33. The molecule has 1 aliphatic rings. The maximum Gasteiger partial charge on any atom is 0.236 e. The summed E-state index contributed by atoms with van der Waals surface area (Å²) in [5.74, 6) is 0.195. The monoisotopic (exact) mass is 284 g/mol. The summed E-state index contributed by atoms with van der Waals surface area (Å²) >= 11 is 0. The summed E-state index contributed by atoms with van der Waals surface area (Å²) in [6, 6.07) is 4.08. The number of aromatic nitrogens is 1. The highest BCUT2D eigenvalue weighted by Gasteiger charge is 2.20. The van der Waals surface area contributed by atoms with Crippen molar-refractivity contribution in [1.29, 1.82) is 0 Å². The molecule has 5 nitrogen and oxygen atoms in total. The Morgan fingerprint density at radius 1 is 1.26 bits per heavy atom. The number of nitrogens with one attached hydrogen (secondary N) is 1. The SMILES string of the molecule is CNCC(=O)N1CCN(Cc2ccncc2)CC1.Cl. The van der Waals surface area contributed by atoms with E-state index in [2.05, 4.69) is 15.2 Å². The minimum absolute atomic E-state index is 0. The van der Waals surface area contributed by atoms with Crippen LogP contribution in [0.4, 0.5) is 0 Å². The van der Waals surface area contributed by atoms with Gasteiger partial charge >= 0.3 is 0 Å². The molecule has 0 bridgehead atoms. The molecule has 19 heavy (non-hydrogen) atoms. The Morgan fingerprint density at radius 2 is 1.89 bits per heavy atom. The predicted octanol–water partition coefficient (Wildman–Crippen LogP) is 0.367. The lowest BCUT2D eigenvalue weighted by molar-refractivity contribution is -0.131. The van der Waals surface area contributed by atoms with Gasteiger partial charge in [0.25, 0.3) is 0 Å². The van der Waals surface area contributed by atoms with Gasteiger partial charge in [-0.05, 0) is 24.7 Å². The number of nitrogens with zero attached hydrogens (tertiary/aromatic N) is 3. The molecule has 0 atom stereocenters. The zero-order chi connectivity index (χ0) is 12.8. The van der Waals surface area contributed by atoms with E-state index in [0.29, 0.717) is 6.54 Å². The number of halogens is 1. The lowest BCUT2D eigenvalue weighted by Gasteiger charge is -2.34. The third-order valence-electron chi connectivity index (χ3n) is 3.21. The summed E-state index contributed by atoms with van der Waals surface area (Å²) in [6.07, 6.45) is 3.64. The molecule has 1 aliphatic heterocycles. The summed E-state index contributed by atoms with van der Waals surface area (Å²) in [6.45, 7) is 4.91. The van der Waals surface area contributed by atoms with E-state index < -0.39 is 0 Å². The number of pyridine rings is 1. The number of rotatable bonds is 4. The standard InChI is InChI=1S/C13H20N4O.ClH/c1-14-10-13(18)17-8-6-16(7-9-17)11-12-2-4-15-5-3-12;/h2-5,14H,6-11H2,1H3;1H. The molecule has 2 heterocycles. The van der Waals surface area contributed by atoms with Crippen LogP contribution in [0.1, 0.15) is 5.56 Å². The van der Waals surface area contributed by atoms with Crippen molar-refractivity contribution in [2.75, 3.05) is 39.8 Å². The van der Waals surface area contributed by atoms with Crippen LogP contribution >= 0.6 is 12.4 Å². The van der Waals surface area contributed by atoms with E-state index in [0.717, 1.165) is 32.7 Å². The molecule has 0 spiro atoms. The molecule has 0 unspecified atom stereocenters. The Kier molecular flexibility index (Phi) is 6.77. The van der Waals surface area contributed by atoms with E-state index in [1.54, 1.807) is 7.05 Å². The van der Waals surface area contributed by atoms with Crippen molar-refractivity contribution in [3.05, 3.63) is 30.1 Å². The van der Waals surface area contributed by atoms with Crippen molar-refractivity contribution in [1.82, 2.24) is 20.1 Å². The second kappa shape index (κ2) is 8.09. The van der Waals surface area contributed by atoms with Crippen LogP contribution in [0.15, 0.2) is 24.5 Å². The van der Waals surface area contributed by atoms with Gasteiger partial charge in [-0.15, -0.1) is 12.4 Å². The van der Waals surface area contributed by atoms with Crippen molar-refractivity contribution >= 4 is 18.3 Å². The van der Waals surface area contributed by atoms with Crippen molar-refractivity contribution < 1.29 is 4.79 Å². The molecule has 1 aromatic rings. The molecule has 1 amide bonds. The van der Waals surface area contributed by atoms with Gasteiger partial charge in [-0.3, -0.25) is 14.7 Å². The average Bonchev–Trinajstić information content (AvgIpc) is 2.41. The maximum atomic E-state index is 11.7. The van der Waals surface area contributed by atoms with Gasteiger partial charge < -0.3 is 10.2 Å². The number of hydrogen-bond donors (Lipinski definition) is 1. The molecule has 0 aliphatic carbocycles. The van der Waals surface area contributed by atoms with Crippen LogP contribution in [0, 0.1) is 0 Å². The first-order chi connectivity index (χ1) is 8.79. The van der Waals surface area contributed by atoms with Gasteiger partial charge in [0.1, 0.15) is 0 Å². The quantitative estimate of drug-likeness (QED) is 0.868. The third-order valence-corrected chi connectivity index (χ3v) is 3.21. The maximum absolute atomic E-state index is 11.7. The van der Waals surface area contributed by atoms with Crippen LogP contribution in [-0.4, -0.2) is 60.5 Å². The molecular weight excluding hydrogens is 264 g/mol. The number of carbonyl (C=O) groups is 1. The van der Waals surface area contributed by atoms with Crippen LogP contribution in [0.2, 0.25) is 0 Å². The second-order valence-electron chi connectivity index (χ2n) is 4.54. The summed E-state index contributed by atoms with van der Waals surface area (Å²) in [4.78, 5) is 20.0. The van der Waals surface area contributed by atoms with E-state index in [4.69, 9.17) is 0 Å². The second-order valence-corrected chi connectivity index (χ2v) is 4.54. The van der Waals surface area contributed by atoms with Gasteiger partial charge in [-0.25, -0.2) is 0 Å². The Morgan fingerprint density at radius 3 is 2.47 bits per heavy atom. The van der Waals surface area contributed by atoms with Crippen LogP contribution in [-0.2, 0) is 11.3 Å². The highest BCUT2D eigenvalue weighted by molar-refractivity contribution is 5.85. The Bertz CT molecular complexity index is 379. The molecule has 0 saturated carbocycles. The van der Waals surface area contributed by atoms with E-state index in [9.17, 15) is 4.79 Å². The molecule has 2 rings (SSSR count). The molecule has 1 N–H and O–H groups in total. The molecule has 1 fully saturated rings. The van der Waals surface area contributed by atoms with Crippen molar-refractivity contribution in [2.45, 2.75) is 6.54 Å². The van der Waals surface area contributed by atoms with Gasteiger partial charge in [0, 0.05) is 45.1 Å². The minimum atomic E-state index is 0. The van der Waals surface area contributed by atoms with E-state index in [1.807, 2.05) is 29.4 Å². The number of carbonyl (C=O) groups excluding carboxylic acids is 1. The van der Waals surface area contributed by atoms with Gasteiger partial charge in [0.2, 0.25) is 5.91 Å². The topological polar surface area (TPSA) is 48.5 Å². The normalized spacial score (nSPS) is 15.9. The molecule has 106 valence electrons. The van der Waals surface area contributed by atoms with E-state index in [-0.39, 0.29) is 18.3 Å². The first-order valence-corrected chi connectivity index (χ1v) is 6.33. The number of likely N-dealkylation sites (N-methyl/N-ethyl adjacent to an activating group) is 1. The van der Waals surface area contributed by atoms with Crippen molar-refractivity contribution in [3.63, 3.8) is 0 Å². The highest BCUT2D eigenvalue weighted by atomic mass is 35.5. The van der Waals surface area contributed by atoms with Crippen LogP contribution in [0.5, 0.6) is 0 Å². The number of piperazine rings is 1. The highest BCUT2D eigenvalue weighted by Crippen LogP contribution is 2.07. The van der Waals surface area contributed by atoms with E-state index >= 15 is 0 Å². The minimum Gasteiger partial charge on any atom is -0.339 e. The Labute approximate surface area is 120 Å². The zero-order valence-corrected chi connectivity index (χ0v) is 12.0. The molecule has 0 aromatic carbocycles. The fourth-order valence-electron chi connectivity index (χ4n) is 2.16. The summed E-state index contributed by atoms with van der Waals surface area (Å²) in [7, 11) is 1.80. The summed E-state index contributed by atoms with van der Waals surface area (Å²) in [5.41, 5.74) is 1.28. The summed E-state index contributed by atoms with van der Waals surface area (Å²) < 4.78 is 0. The van der Waals surface area contributed by atoms with Crippen LogP contribution in [0.3, 0.4) is 0 Å². The largest absolute Gasteiger partial charge is 0.339 e. The van der Waals surface area contributed by atoms with Gasteiger partial charge in [-0.1, -0.05) is 0 Å². The Balaban J connectivity index is 0.00000180. The average molecular weight is 285 g/mol. The molecule has 0 radical (unpaired) electrons. The van der Waals surface area contributed by atoms with Crippen LogP contribution < -0.4 is 5.32 Å². The zero-order valence-electron chi connectivity index (χ0n) is 11.2. The molecular formula is C13H21ClN4O. The molecule has 1 saturated heterocycles. The fourth-order valence-corrected chi connectivity index (χ4v) is 2.16. The van der Waals surface area contributed by atoms with Crippen molar-refractivity contribution in [2.24, 2.45) is 0 Å².